The Bertz CT molecular complexity index is 927. The first-order valence-electron chi connectivity index (χ1n) is 9.03. The molecule has 0 spiro atoms. The molecule has 0 radical (unpaired) electrons. The molecule has 1 atom stereocenters. The lowest BCUT2D eigenvalue weighted by Gasteiger charge is -2.12. The standard InChI is InChI=1S/C19H20N6O2S/c26-19(25-16-12-28-18(23-16)13-6-9-20-10-7-13)24-15-4-1-5-17(22-15)27-11-14-3-2-8-21-14/h1,4-7,9-10,12,14,21H,2-3,8,11H2,(H2,22,24,25,26). The number of amides is 2. The predicted molar refractivity (Wildman–Crippen MR) is 109 cm³/mol. The van der Waals surface area contributed by atoms with Crippen LogP contribution < -0.4 is 20.7 Å². The van der Waals surface area contributed by atoms with Gasteiger partial charge in [0.2, 0.25) is 5.88 Å². The summed E-state index contributed by atoms with van der Waals surface area (Å²) in [7, 11) is 0. The molecule has 9 heteroatoms. The molecule has 0 saturated carbocycles. The molecule has 4 rings (SSSR count). The van der Waals surface area contributed by atoms with E-state index in [2.05, 4.69) is 30.9 Å². The molecule has 3 N–H and O–H groups in total. The highest BCUT2D eigenvalue weighted by Crippen LogP contribution is 2.25. The minimum atomic E-state index is -0.409. The van der Waals surface area contributed by atoms with Crippen LogP contribution in [0.25, 0.3) is 10.6 Å². The van der Waals surface area contributed by atoms with Gasteiger partial charge in [0.05, 0.1) is 0 Å². The van der Waals surface area contributed by atoms with Crippen molar-refractivity contribution in [1.29, 1.82) is 0 Å². The Labute approximate surface area is 166 Å². The van der Waals surface area contributed by atoms with Gasteiger partial charge in [0.25, 0.3) is 0 Å². The number of nitrogens with one attached hydrogen (secondary N) is 3. The van der Waals surface area contributed by atoms with E-state index in [1.807, 2.05) is 12.1 Å². The Hall–Kier alpha value is -3.04. The van der Waals surface area contributed by atoms with Gasteiger partial charge in [-0.1, -0.05) is 6.07 Å². The number of ether oxygens (including phenoxy) is 1. The van der Waals surface area contributed by atoms with Crippen molar-refractivity contribution in [1.82, 2.24) is 20.3 Å². The molecule has 1 fully saturated rings. The van der Waals surface area contributed by atoms with Crippen molar-refractivity contribution in [3.05, 3.63) is 48.1 Å². The van der Waals surface area contributed by atoms with E-state index in [0.717, 1.165) is 23.5 Å². The quantitative estimate of drug-likeness (QED) is 0.591. The lowest BCUT2D eigenvalue weighted by molar-refractivity contribution is 0.261. The lowest BCUT2D eigenvalue weighted by Crippen LogP contribution is -2.28. The first-order valence-corrected chi connectivity index (χ1v) is 9.91. The summed E-state index contributed by atoms with van der Waals surface area (Å²) in [6.07, 6.45) is 5.69. The maximum atomic E-state index is 12.2. The third-order valence-electron chi connectivity index (χ3n) is 4.23. The molecule has 3 aromatic heterocycles. The van der Waals surface area contributed by atoms with E-state index in [9.17, 15) is 4.79 Å². The van der Waals surface area contributed by atoms with Crippen LogP contribution in [-0.2, 0) is 0 Å². The van der Waals surface area contributed by atoms with E-state index >= 15 is 0 Å². The first kappa shape index (κ1) is 18.3. The summed E-state index contributed by atoms with van der Waals surface area (Å²) in [5.41, 5.74) is 0.955. The number of thiazole rings is 1. The highest BCUT2D eigenvalue weighted by molar-refractivity contribution is 7.13. The maximum Gasteiger partial charge on any atom is 0.326 e. The number of aromatic nitrogens is 3. The molecule has 2 amide bonds. The van der Waals surface area contributed by atoms with Crippen molar-refractivity contribution in [3.63, 3.8) is 0 Å². The largest absolute Gasteiger partial charge is 0.476 e. The molecule has 1 saturated heterocycles. The Morgan fingerprint density at radius 2 is 2.04 bits per heavy atom. The van der Waals surface area contributed by atoms with Crippen molar-refractivity contribution in [2.75, 3.05) is 23.8 Å². The molecule has 1 aliphatic heterocycles. The second-order valence-electron chi connectivity index (χ2n) is 6.32. The Kier molecular flexibility index (Phi) is 5.74. The summed E-state index contributed by atoms with van der Waals surface area (Å²) < 4.78 is 5.72. The smallest absolute Gasteiger partial charge is 0.326 e. The summed E-state index contributed by atoms with van der Waals surface area (Å²) >= 11 is 1.45. The van der Waals surface area contributed by atoms with Crippen LogP contribution in [0.5, 0.6) is 5.88 Å². The monoisotopic (exact) mass is 396 g/mol. The zero-order valence-corrected chi connectivity index (χ0v) is 15.9. The third-order valence-corrected chi connectivity index (χ3v) is 5.12. The molecule has 144 valence electrons. The van der Waals surface area contributed by atoms with Crippen LogP contribution in [0.2, 0.25) is 0 Å². The minimum Gasteiger partial charge on any atom is -0.476 e. The number of nitrogens with zero attached hydrogens (tertiary/aromatic N) is 3. The fourth-order valence-electron chi connectivity index (χ4n) is 2.87. The average molecular weight is 396 g/mol. The van der Waals surface area contributed by atoms with E-state index in [4.69, 9.17) is 4.74 Å². The van der Waals surface area contributed by atoms with E-state index in [-0.39, 0.29) is 0 Å². The van der Waals surface area contributed by atoms with E-state index in [0.29, 0.717) is 30.2 Å². The summed E-state index contributed by atoms with van der Waals surface area (Å²) in [6, 6.07) is 8.99. The van der Waals surface area contributed by atoms with Gasteiger partial charge in [-0.2, -0.15) is 4.98 Å². The number of urea groups is 1. The number of carbonyl (C=O) groups is 1. The fourth-order valence-corrected chi connectivity index (χ4v) is 3.63. The predicted octanol–water partition coefficient (Wildman–Crippen LogP) is 3.37. The molecule has 3 aromatic rings. The number of carbonyl (C=O) groups excluding carboxylic acids is 1. The minimum absolute atomic E-state index is 0.362. The SMILES string of the molecule is O=C(Nc1cccc(OCC2CCCN2)n1)Nc1csc(-c2ccncc2)n1. The molecule has 0 bridgehead atoms. The van der Waals surface area contributed by atoms with Crippen LogP contribution in [0.4, 0.5) is 16.4 Å². The third kappa shape index (κ3) is 4.81. The van der Waals surface area contributed by atoms with Gasteiger partial charge in [-0.25, -0.2) is 9.78 Å². The summed E-state index contributed by atoms with van der Waals surface area (Å²) in [6.45, 7) is 1.60. The van der Waals surface area contributed by atoms with Crippen LogP contribution in [0.1, 0.15) is 12.8 Å². The normalized spacial score (nSPS) is 15.9. The van der Waals surface area contributed by atoms with Gasteiger partial charge < -0.3 is 10.1 Å². The van der Waals surface area contributed by atoms with Crippen LogP contribution in [-0.4, -0.2) is 40.2 Å². The van der Waals surface area contributed by atoms with Gasteiger partial charge in [0, 0.05) is 35.4 Å². The van der Waals surface area contributed by atoms with Gasteiger partial charge in [0.15, 0.2) is 0 Å². The highest BCUT2D eigenvalue weighted by Gasteiger charge is 2.15. The van der Waals surface area contributed by atoms with Gasteiger partial charge >= 0.3 is 6.03 Å². The van der Waals surface area contributed by atoms with Crippen LogP contribution in [0.3, 0.4) is 0 Å². The van der Waals surface area contributed by atoms with Crippen LogP contribution in [0.15, 0.2) is 48.1 Å². The molecule has 0 aromatic carbocycles. The van der Waals surface area contributed by atoms with E-state index < -0.39 is 6.03 Å². The molecule has 4 heterocycles. The van der Waals surface area contributed by atoms with Gasteiger partial charge in [-0.3, -0.25) is 15.6 Å². The number of hydrogen-bond acceptors (Lipinski definition) is 7. The van der Waals surface area contributed by atoms with Gasteiger partial charge in [0.1, 0.15) is 23.3 Å². The van der Waals surface area contributed by atoms with Crippen LogP contribution >= 0.6 is 11.3 Å². The Morgan fingerprint density at radius 1 is 1.18 bits per heavy atom. The van der Waals surface area contributed by atoms with Gasteiger partial charge in [-0.05, 0) is 37.6 Å². The first-order chi connectivity index (χ1) is 13.8. The maximum absolute atomic E-state index is 12.2. The zero-order valence-electron chi connectivity index (χ0n) is 15.1. The summed E-state index contributed by atoms with van der Waals surface area (Å²) in [5, 5.41) is 11.4. The molecule has 0 aliphatic carbocycles. The van der Waals surface area contributed by atoms with E-state index in [1.54, 1.807) is 36.0 Å². The summed E-state index contributed by atoms with van der Waals surface area (Å²) in [4.78, 5) is 25.0. The fraction of sp³-hybridized carbons (Fsp3) is 0.263. The van der Waals surface area contributed by atoms with Crippen molar-refractivity contribution < 1.29 is 9.53 Å². The second-order valence-corrected chi connectivity index (χ2v) is 7.18. The molecular weight excluding hydrogens is 376 g/mol. The lowest BCUT2D eigenvalue weighted by atomic mass is 10.2. The molecule has 1 aliphatic rings. The molecule has 8 nitrogen and oxygen atoms in total. The molecule has 1 unspecified atom stereocenters. The number of anilines is 2. The second kappa shape index (κ2) is 8.77. The molecular formula is C19H20N6O2S. The molecule has 28 heavy (non-hydrogen) atoms. The van der Waals surface area contributed by atoms with Crippen molar-refractivity contribution in [2.45, 2.75) is 18.9 Å². The number of hydrogen-bond donors (Lipinski definition) is 3. The topological polar surface area (TPSA) is 101 Å². The van der Waals surface area contributed by atoms with E-state index in [1.165, 1.54) is 17.8 Å². The van der Waals surface area contributed by atoms with Crippen molar-refractivity contribution in [3.8, 4) is 16.5 Å². The number of rotatable bonds is 6. The van der Waals surface area contributed by atoms with Crippen molar-refractivity contribution >= 4 is 29.0 Å². The Balaban J connectivity index is 1.32. The Morgan fingerprint density at radius 3 is 2.86 bits per heavy atom. The number of pyridine rings is 2. The van der Waals surface area contributed by atoms with Crippen LogP contribution in [0, 0.1) is 0 Å². The average Bonchev–Trinajstić information content (AvgIpc) is 3.39. The zero-order chi connectivity index (χ0) is 19.2. The van der Waals surface area contributed by atoms with Crippen molar-refractivity contribution in [2.24, 2.45) is 0 Å². The highest BCUT2D eigenvalue weighted by atomic mass is 32.1. The summed E-state index contributed by atoms with van der Waals surface area (Å²) in [5.74, 6) is 1.38. The van der Waals surface area contributed by atoms with Gasteiger partial charge in [-0.15, -0.1) is 11.3 Å².